The second-order valence-electron chi connectivity index (χ2n) is 7.02. The molecule has 0 amide bonds. The van der Waals surface area contributed by atoms with Gasteiger partial charge in [-0.05, 0) is 30.0 Å². The number of hydrogen-bond acceptors (Lipinski definition) is 5. The minimum atomic E-state index is -0.347. The van der Waals surface area contributed by atoms with Gasteiger partial charge in [0.05, 0.1) is 24.5 Å². The molecule has 0 bridgehead atoms. The number of rotatable bonds is 2. The van der Waals surface area contributed by atoms with Crippen LogP contribution in [0.1, 0.15) is 26.5 Å². The molecule has 0 saturated carbocycles. The van der Waals surface area contributed by atoms with E-state index in [9.17, 15) is 5.11 Å². The number of aryl methyl sites for hydroxylation is 1. The summed E-state index contributed by atoms with van der Waals surface area (Å²) in [6.07, 6.45) is 0. The van der Waals surface area contributed by atoms with Gasteiger partial charge in [-0.25, -0.2) is 9.53 Å². The molecule has 2 heterocycles. The quantitative estimate of drug-likeness (QED) is 0.608. The number of azo groups is 1. The van der Waals surface area contributed by atoms with Crippen molar-refractivity contribution >= 4 is 11.5 Å². The molecule has 0 aliphatic carbocycles. The summed E-state index contributed by atoms with van der Waals surface area (Å²) in [5, 5.41) is 25.0. The van der Waals surface area contributed by atoms with Gasteiger partial charge in [0.15, 0.2) is 5.84 Å². The van der Waals surface area contributed by atoms with Crippen molar-refractivity contribution < 1.29 is 5.11 Å². The van der Waals surface area contributed by atoms with E-state index in [2.05, 4.69) is 25.2 Å². The van der Waals surface area contributed by atoms with Crippen molar-refractivity contribution in [3.05, 3.63) is 58.7 Å². The van der Waals surface area contributed by atoms with Crippen LogP contribution in [-0.2, 0) is 0 Å². The summed E-state index contributed by atoms with van der Waals surface area (Å²) in [4.78, 5) is 7.89. The average molecular weight is 347 g/mol. The highest BCUT2D eigenvalue weighted by Crippen LogP contribution is 2.35. The van der Waals surface area contributed by atoms with E-state index in [0.717, 1.165) is 5.57 Å². The lowest BCUT2D eigenvalue weighted by atomic mass is 9.86. The first-order valence-electron chi connectivity index (χ1n) is 8.22. The Morgan fingerprint density at radius 2 is 1.88 bits per heavy atom. The van der Waals surface area contributed by atoms with Crippen LogP contribution < -0.4 is 5.11 Å². The van der Waals surface area contributed by atoms with E-state index in [1.54, 1.807) is 19.1 Å². The van der Waals surface area contributed by atoms with Crippen molar-refractivity contribution in [2.24, 2.45) is 20.6 Å². The third-order valence-electron chi connectivity index (χ3n) is 4.13. The molecule has 1 aromatic carbocycles. The highest BCUT2D eigenvalue weighted by Gasteiger charge is 2.28. The van der Waals surface area contributed by atoms with Crippen LogP contribution in [0.2, 0.25) is 0 Å². The lowest BCUT2D eigenvalue weighted by Gasteiger charge is -2.20. The second kappa shape index (κ2) is 6.56. The predicted molar refractivity (Wildman–Crippen MR) is 97.6 cm³/mol. The standard InChI is InChI=1S/C19H20N6O/c1-12-15(18(26)25(24-12)13-9-7-6-8-10-13)22-23-17-16(20-5)14(11-21-17)19(2,3)4/h6-10,26H,11H2,1-4H3/p-1. The number of amidine groups is 1. The maximum Gasteiger partial charge on any atom is 0.233 e. The van der Waals surface area contributed by atoms with Crippen LogP contribution in [0.5, 0.6) is 5.88 Å². The highest BCUT2D eigenvalue weighted by atomic mass is 16.3. The normalized spacial score (nSPS) is 14.8. The Labute approximate surface area is 152 Å². The van der Waals surface area contributed by atoms with Crippen LogP contribution in [0.4, 0.5) is 5.69 Å². The molecule has 0 atom stereocenters. The molecule has 0 radical (unpaired) electrons. The summed E-state index contributed by atoms with van der Waals surface area (Å²) < 4.78 is 1.30. The fourth-order valence-electron chi connectivity index (χ4n) is 2.68. The predicted octanol–water partition coefficient (Wildman–Crippen LogP) is 3.97. The number of aliphatic imine (C=N–C) groups is 1. The Bertz CT molecular complexity index is 968. The molecule has 132 valence electrons. The Hall–Kier alpha value is -3.27. The van der Waals surface area contributed by atoms with Gasteiger partial charge in [0.1, 0.15) is 5.69 Å². The highest BCUT2D eigenvalue weighted by molar-refractivity contribution is 6.03. The van der Waals surface area contributed by atoms with E-state index in [-0.39, 0.29) is 22.8 Å². The molecule has 0 fully saturated rings. The van der Waals surface area contributed by atoms with Gasteiger partial charge < -0.3 is 5.11 Å². The van der Waals surface area contributed by atoms with Crippen molar-refractivity contribution in [1.82, 2.24) is 9.78 Å². The van der Waals surface area contributed by atoms with E-state index < -0.39 is 0 Å². The lowest BCUT2D eigenvalue weighted by molar-refractivity contribution is -0.276. The molecule has 1 aromatic heterocycles. The van der Waals surface area contributed by atoms with Crippen LogP contribution in [0.25, 0.3) is 10.5 Å². The average Bonchev–Trinajstić information content (AvgIpc) is 3.14. The van der Waals surface area contributed by atoms with Gasteiger partial charge in [-0.15, -0.1) is 10.2 Å². The summed E-state index contributed by atoms with van der Waals surface area (Å²) in [6.45, 7) is 15.7. The first-order chi connectivity index (χ1) is 12.3. The van der Waals surface area contributed by atoms with E-state index in [0.29, 0.717) is 23.6 Å². The zero-order valence-electron chi connectivity index (χ0n) is 15.2. The van der Waals surface area contributed by atoms with Gasteiger partial charge in [-0.1, -0.05) is 39.0 Å². The van der Waals surface area contributed by atoms with Crippen LogP contribution in [0, 0.1) is 18.9 Å². The fourth-order valence-corrected chi connectivity index (χ4v) is 2.68. The Kier molecular flexibility index (Phi) is 4.43. The minimum Gasteiger partial charge on any atom is -0.857 e. The topological polar surface area (TPSA) is 82.3 Å². The van der Waals surface area contributed by atoms with E-state index >= 15 is 0 Å². The van der Waals surface area contributed by atoms with Crippen molar-refractivity contribution in [1.29, 1.82) is 0 Å². The zero-order valence-corrected chi connectivity index (χ0v) is 15.2. The van der Waals surface area contributed by atoms with Gasteiger partial charge in [-0.3, -0.25) is 4.99 Å². The van der Waals surface area contributed by atoms with Crippen molar-refractivity contribution in [3.8, 4) is 11.6 Å². The molecular weight excluding hydrogens is 328 g/mol. The lowest BCUT2D eigenvalue weighted by Crippen LogP contribution is -2.12. The van der Waals surface area contributed by atoms with E-state index in [4.69, 9.17) is 6.57 Å². The summed E-state index contributed by atoms with van der Waals surface area (Å²) in [5.74, 6) is -0.0726. The van der Waals surface area contributed by atoms with Gasteiger partial charge in [0, 0.05) is 5.88 Å². The molecule has 26 heavy (non-hydrogen) atoms. The number of nitrogens with zero attached hydrogens (tertiary/aromatic N) is 6. The molecule has 7 nitrogen and oxygen atoms in total. The third kappa shape index (κ3) is 3.14. The molecule has 0 spiro atoms. The van der Waals surface area contributed by atoms with Gasteiger partial charge >= 0.3 is 0 Å². The van der Waals surface area contributed by atoms with Crippen LogP contribution in [0.3, 0.4) is 0 Å². The molecule has 0 N–H and O–H groups in total. The smallest absolute Gasteiger partial charge is 0.233 e. The van der Waals surface area contributed by atoms with E-state index in [1.807, 2.05) is 39.0 Å². The number of para-hydroxylation sites is 1. The molecule has 7 heteroatoms. The largest absolute Gasteiger partial charge is 0.857 e. The van der Waals surface area contributed by atoms with Gasteiger partial charge in [0.2, 0.25) is 5.70 Å². The number of hydrogen-bond donors (Lipinski definition) is 0. The van der Waals surface area contributed by atoms with Crippen molar-refractivity contribution in [3.63, 3.8) is 0 Å². The second-order valence-corrected chi connectivity index (χ2v) is 7.02. The Morgan fingerprint density at radius 1 is 1.19 bits per heavy atom. The van der Waals surface area contributed by atoms with Crippen LogP contribution >= 0.6 is 0 Å². The monoisotopic (exact) mass is 347 g/mol. The molecule has 0 unspecified atom stereocenters. The number of aromatic nitrogens is 2. The maximum absolute atomic E-state index is 12.6. The van der Waals surface area contributed by atoms with Crippen molar-refractivity contribution in [2.75, 3.05) is 6.54 Å². The Balaban J connectivity index is 1.95. The third-order valence-corrected chi connectivity index (χ3v) is 4.13. The fraction of sp³-hybridized carbons (Fsp3) is 0.316. The SMILES string of the molecule is [C-]#[N+]C1=C(C(C)(C)C)CN=C1N=Nc1c(C)nn(-c2ccccc2)c1[O-]. The first kappa shape index (κ1) is 17.5. The van der Waals surface area contributed by atoms with Crippen LogP contribution in [0.15, 0.2) is 56.8 Å². The van der Waals surface area contributed by atoms with E-state index in [1.165, 1.54) is 4.68 Å². The Morgan fingerprint density at radius 3 is 2.50 bits per heavy atom. The number of benzene rings is 1. The summed E-state index contributed by atoms with van der Waals surface area (Å²) in [7, 11) is 0. The van der Waals surface area contributed by atoms with Crippen LogP contribution in [-0.4, -0.2) is 22.2 Å². The van der Waals surface area contributed by atoms with Crippen molar-refractivity contribution in [2.45, 2.75) is 27.7 Å². The maximum atomic E-state index is 12.6. The minimum absolute atomic E-state index is 0.157. The first-order valence-corrected chi connectivity index (χ1v) is 8.22. The summed E-state index contributed by atoms with van der Waals surface area (Å²) >= 11 is 0. The molecular formula is C19H19N6O-. The molecule has 2 aromatic rings. The molecule has 3 rings (SSSR count). The molecule has 0 saturated heterocycles. The zero-order chi connectivity index (χ0) is 18.9. The summed E-state index contributed by atoms with van der Waals surface area (Å²) in [5.41, 5.74) is 2.48. The summed E-state index contributed by atoms with van der Waals surface area (Å²) in [6, 6.07) is 9.13. The van der Waals surface area contributed by atoms with Gasteiger partial charge in [0.25, 0.3) is 0 Å². The van der Waals surface area contributed by atoms with Gasteiger partial charge in [-0.2, -0.15) is 5.10 Å². The molecule has 1 aliphatic heterocycles. The molecule has 1 aliphatic rings.